The van der Waals surface area contributed by atoms with E-state index in [4.69, 9.17) is 49.9 Å². The summed E-state index contributed by atoms with van der Waals surface area (Å²) in [6.07, 6.45) is 2.12. The van der Waals surface area contributed by atoms with Crippen molar-refractivity contribution in [1.29, 1.82) is 0 Å². The fraction of sp³-hybridized carbons (Fsp3) is 0.500. The Morgan fingerprint density at radius 1 is 0.645 bits per heavy atom. The number of amides is 2. The van der Waals surface area contributed by atoms with Crippen LogP contribution in [0.2, 0.25) is 0 Å². The van der Waals surface area contributed by atoms with E-state index in [0.29, 0.717) is 64.0 Å². The minimum atomic E-state index is -1.15. The van der Waals surface area contributed by atoms with E-state index >= 15 is 0 Å². The van der Waals surface area contributed by atoms with Crippen LogP contribution in [0.1, 0.15) is 75.4 Å². The van der Waals surface area contributed by atoms with Crippen molar-refractivity contribution in [2.45, 2.75) is 90.1 Å². The molecule has 0 unspecified atom stereocenters. The van der Waals surface area contributed by atoms with Gasteiger partial charge < -0.3 is 49.9 Å². The molecule has 2 spiro atoms. The quantitative estimate of drug-likeness (QED) is 0.114. The highest BCUT2D eigenvalue weighted by Crippen LogP contribution is 2.46. The Morgan fingerprint density at radius 3 is 1.50 bits per heavy atom. The molecule has 0 bridgehead atoms. The van der Waals surface area contributed by atoms with E-state index < -0.39 is 59.9 Å². The molecule has 4 atom stereocenters. The monoisotopic (exact) mass is 854 g/mol. The van der Waals surface area contributed by atoms with Crippen LogP contribution in [-0.2, 0) is 38.0 Å². The van der Waals surface area contributed by atoms with Crippen molar-refractivity contribution < 1.29 is 47.6 Å². The van der Waals surface area contributed by atoms with Gasteiger partial charge in [-0.25, -0.2) is 29.1 Å². The molecule has 0 aliphatic carbocycles. The lowest BCUT2D eigenvalue weighted by Gasteiger charge is -2.32. The van der Waals surface area contributed by atoms with Gasteiger partial charge >= 0.3 is 24.1 Å². The van der Waals surface area contributed by atoms with Gasteiger partial charge in [-0.1, -0.05) is 64.1 Å². The summed E-state index contributed by atoms with van der Waals surface area (Å²) in [5.41, 5.74) is 18.2. The van der Waals surface area contributed by atoms with E-state index in [9.17, 15) is 19.2 Å². The molecule has 2 aromatic carbocycles. The Kier molecular flexibility index (Phi) is 11.8. The molecule has 62 heavy (non-hydrogen) atoms. The Labute approximate surface area is 358 Å². The first kappa shape index (κ1) is 43.2. The maximum atomic E-state index is 13.2. The number of carbonyl (C=O) groups is 4. The molecule has 6 heterocycles. The Bertz CT molecular complexity index is 2330. The molecular formula is C44H54N8O10. The summed E-state index contributed by atoms with van der Waals surface area (Å²) in [7, 11) is 0. The fourth-order valence-corrected chi connectivity index (χ4v) is 9.68. The Hall–Kier alpha value is -5.50. The zero-order valence-corrected chi connectivity index (χ0v) is 35.8. The predicted molar refractivity (Wildman–Crippen MR) is 223 cm³/mol. The lowest BCUT2D eigenvalue weighted by molar-refractivity contribution is -0.156. The normalized spacial score (nSPS) is 21.9. The van der Waals surface area contributed by atoms with E-state index in [0.717, 1.165) is 44.8 Å². The Balaban J connectivity index is 1.02. The van der Waals surface area contributed by atoms with Crippen LogP contribution in [0, 0.1) is 25.7 Å². The van der Waals surface area contributed by atoms with Crippen LogP contribution in [0.4, 0.5) is 9.59 Å². The molecule has 2 aromatic heterocycles. The van der Waals surface area contributed by atoms with Crippen LogP contribution in [0.3, 0.4) is 0 Å². The number of benzene rings is 2. The highest BCUT2D eigenvalue weighted by atomic mass is 16.7. The van der Waals surface area contributed by atoms with Gasteiger partial charge in [-0.3, -0.25) is 9.80 Å². The van der Waals surface area contributed by atoms with Gasteiger partial charge in [0.2, 0.25) is 0 Å². The maximum absolute atomic E-state index is 13.2. The van der Waals surface area contributed by atoms with Gasteiger partial charge in [0.15, 0.2) is 11.6 Å². The molecule has 4 aliphatic rings. The smallest absolute Gasteiger partial charge is 0.375 e. The summed E-state index contributed by atoms with van der Waals surface area (Å²) in [6, 6.07) is 10.0. The van der Waals surface area contributed by atoms with Crippen LogP contribution < -0.4 is 11.5 Å². The van der Waals surface area contributed by atoms with Crippen molar-refractivity contribution >= 4 is 24.1 Å². The summed E-state index contributed by atoms with van der Waals surface area (Å²) < 4.78 is 34.0. The van der Waals surface area contributed by atoms with Crippen molar-refractivity contribution in [2.75, 3.05) is 39.5 Å². The highest BCUT2D eigenvalue weighted by Gasteiger charge is 2.55. The van der Waals surface area contributed by atoms with Crippen molar-refractivity contribution in [3.63, 3.8) is 0 Å². The van der Waals surface area contributed by atoms with Gasteiger partial charge in [0.05, 0.1) is 75.4 Å². The number of nitrogens with one attached hydrogen (secondary N) is 2. The molecule has 0 radical (unpaired) electrons. The maximum Gasteiger partial charge on any atom is 0.412 e. The molecular weight excluding hydrogens is 801 g/mol. The topological polar surface area (TPSA) is 240 Å². The number of imidazole rings is 2. The van der Waals surface area contributed by atoms with Gasteiger partial charge in [0, 0.05) is 18.4 Å². The number of nitrogens with two attached hydrogens (primary N) is 2. The molecule has 4 aliphatic heterocycles. The fourth-order valence-electron chi connectivity index (χ4n) is 9.68. The SMILES string of the molecule is Cc1c(-c2ccc(-c3cnc([C@@H]4CC5(CN4[C@H](C(=O)OC(N)=O)C(C)C)OCCO5)[nH]3)cc2)ccc(-c2cnc([C@@H]3CC4(CN3[C@H](C(=O)OC(N)=O)C(C)C)OCCO4)[nH]2)c1C. The van der Waals surface area contributed by atoms with E-state index in [2.05, 4.69) is 48.1 Å². The van der Waals surface area contributed by atoms with E-state index in [1.165, 1.54) is 0 Å². The van der Waals surface area contributed by atoms with Gasteiger partial charge in [-0.15, -0.1) is 0 Å². The molecule has 18 heteroatoms. The number of H-pyrrole nitrogens is 2. The number of hydrogen-bond donors (Lipinski definition) is 4. The van der Waals surface area contributed by atoms with Crippen LogP contribution >= 0.6 is 0 Å². The summed E-state index contributed by atoms with van der Waals surface area (Å²) >= 11 is 0. The van der Waals surface area contributed by atoms with Gasteiger partial charge in [0.1, 0.15) is 23.7 Å². The third-order valence-electron chi connectivity index (χ3n) is 12.6. The van der Waals surface area contributed by atoms with Crippen molar-refractivity contribution in [1.82, 2.24) is 29.7 Å². The second-order valence-electron chi connectivity index (χ2n) is 17.2. The second kappa shape index (κ2) is 17.0. The molecule has 4 fully saturated rings. The minimum absolute atomic E-state index is 0.215. The lowest BCUT2D eigenvalue weighted by Crippen LogP contribution is -2.48. The van der Waals surface area contributed by atoms with Crippen LogP contribution in [0.25, 0.3) is 33.6 Å². The number of nitrogens with zero attached hydrogens (tertiary/aromatic N) is 4. The van der Waals surface area contributed by atoms with Crippen LogP contribution in [-0.4, -0.2) is 117 Å². The zero-order valence-electron chi connectivity index (χ0n) is 35.8. The average molecular weight is 855 g/mol. The molecule has 8 rings (SSSR count). The molecule has 18 nitrogen and oxygen atoms in total. The van der Waals surface area contributed by atoms with Crippen LogP contribution in [0.15, 0.2) is 48.8 Å². The number of primary amides is 2. The van der Waals surface area contributed by atoms with Crippen molar-refractivity contribution in [3.8, 4) is 33.6 Å². The number of ether oxygens (including phenoxy) is 6. The molecule has 6 N–H and O–H groups in total. The standard InChI is InChI=1S/C44H54N8O10/c1-23(2)35(39(53)61-41(45)55)51-21-43(57-13-14-58-43)17-33(51)37-47-19-31(49-37)28-9-7-27(8-10-28)29-11-12-30(26(6)25(29)5)32-20-48-38(50-32)34-18-44(59-15-16-60-44)22-52(34)36(24(3)4)40(54)62-42(46)56/h7-12,19-20,23-24,33-36H,13-18,21-22H2,1-6H3,(H2,45,55)(H2,46,56)(H,47,49)(H,48,50)/t33-,34-,35-,36-/m0/s1. The zero-order chi connectivity index (χ0) is 44.1. The number of aromatic nitrogens is 4. The lowest BCUT2D eigenvalue weighted by atomic mass is 9.92. The predicted octanol–water partition coefficient (Wildman–Crippen LogP) is 5.02. The van der Waals surface area contributed by atoms with E-state index in [1.54, 1.807) is 12.4 Å². The highest BCUT2D eigenvalue weighted by molar-refractivity contribution is 5.88. The van der Waals surface area contributed by atoms with Crippen molar-refractivity contribution in [2.24, 2.45) is 23.3 Å². The number of esters is 2. The molecule has 0 saturated carbocycles. The molecule has 2 amide bonds. The summed E-state index contributed by atoms with van der Waals surface area (Å²) in [5.74, 6) is -2.45. The molecule has 4 aromatic rings. The second-order valence-corrected chi connectivity index (χ2v) is 17.2. The largest absolute Gasteiger partial charge is 0.412 e. The van der Waals surface area contributed by atoms with Crippen molar-refractivity contribution in [3.05, 3.63) is 71.6 Å². The number of likely N-dealkylation sites (tertiary alicyclic amines) is 2. The average Bonchev–Trinajstić information content (AvgIpc) is 4.08. The number of hydrogen-bond acceptors (Lipinski definition) is 14. The third-order valence-corrected chi connectivity index (χ3v) is 12.6. The van der Waals surface area contributed by atoms with Gasteiger partial charge in [-0.05, 0) is 53.5 Å². The Morgan fingerprint density at radius 2 is 1.05 bits per heavy atom. The summed E-state index contributed by atoms with van der Waals surface area (Å²) in [4.78, 5) is 69.9. The molecule has 4 saturated heterocycles. The minimum Gasteiger partial charge on any atom is -0.375 e. The van der Waals surface area contributed by atoms with E-state index in [1.807, 2.05) is 49.6 Å². The third kappa shape index (κ3) is 8.25. The van der Waals surface area contributed by atoms with Gasteiger partial charge in [-0.2, -0.15) is 0 Å². The summed E-state index contributed by atoms with van der Waals surface area (Å²) in [6.45, 7) is 14.0. The summed E-state index contributed by atoms with van der Waals surface area (Å²) in [5, 5.41) is 0. The first-order valence-corrected chi connectivity index (χ1v) is 21.0. The van der Waals surface area contributed by atoms with Gasteiger partial charge in [0.25, 0.3) is 0 Å². The number of carbonyl (C=O) groups excluding carboxylic acids is 4. The van der Waals surface area contributed by atoms with E-state index in [-0.39, 0.29) is 11.8 Å². The molecule has 330 valence electrons. The van der Waals surface area contributed by atoms with Crippen LogP contribution in [0.5, 0.6) is 0 Å². The first-order chi connectivity index (χ1) is 29.6. The number of rotatable bonds is 11. The first-order valence-electron chi connectivity index (χ1n) is 21.0. The number of aromatic amines is 2.